The van der Waals surface area contributed by atoms with Gasteiger partial charge in [0.25, 0.3) is 11.5 Å². The molecule has 3 aromatic heterocycles. The number of carbonyl (C=O) groups excluding carboxylic acids is 1. The number of benzene rings is 1. The first-order chi connectivity index (χ1) is 17.0. The second-order valence-corrected chi connectivity index (χ2v) is 8.72. The van der Waals surface area contributed by atoms with E-state index in [2.05, 4.69) is 15.0 Å². The van der Waals surface area contributed by atoms with Gasteiger partial charge in [0, 0.05) is 42.2 Å². The number of carbonyl (C=O) groups is 1. The first kappa shape index (κ1) is 24.3. The molecule has 3 N–H and O–H groups in total. The summed E-state index contributed by atoms with van der Waals surface area (Å²) in [5.41, 5.74) is 6.08. The van der Waals surface area contributed by atoms with Crippen molar-refractivity contribution in [3.8, 4) is 0 Å². The molecule has 0 saturated heterocycles. The summed E-state index contributed by atoms with van der Waals surface area (Å²) in [6, 6.07) is 9.07. The maximum Gasteiger partial charge on any atom is 0.330 e. The van der Waals surface area contributed by atoms with E-state index in [0.717, 1.165) is 11.8 Å². The molecule has 0 fully saturated rings. The van der Waals surface area contributed by atoms with E-state index in [1.807, 2.05) is 25.1 Å². The Morgan fingerprint density at radius 3 is 2.63 bits per heavy atom. The van der Waals surface area contributed by atoms with Crippen LogP contribution < -0.4 is 21.9 Å². The van der Waals surface area contributed by atoms with E-state index in [1.54, 1.807) is 31.5 Å². The second kappa shape index (κ2) is 10.6. The van der Waals surface area contributed by atoms with E-state index in [0.29, 0.717) is 35.0 Å². The number of unbranched alkanes of at least 4 members (excludes halogenated alkanes) is 1. The fourth-order valence-corrected chi connectivity index (χ4v) is 4.64. The Bertz CT molecular complexity index is 1460. The van der Waals surface area contributed by atoms with E-state index in [-0.39, 0.29) is 23.8 Å². The lowest BCUT2D eigenvalue weighted by Gasteiger charge is -2.22. The molecular formula is C24H26N6O4S. The van der Waals surface area contributed by atoms with E-state index in [9.17, 15) is 14.4 Å². The van der Waals surface area contributed by atoms with Gasteiger partial charge in [-0.15, -0.1) is 0 Å². The summed E-state index contributed by atoms with van der Waals surface area (Å²) >= 11 is 1.37. The third kappa shape index (κ3) is 4.85. The van der Waals surface area contributed by atoms with Crippen LogP contribution in [0.4, 0.5) is 11.5 Å². The SMILES string of the molecule is CCCCn1c(N)c(N(CC)C(=O)c2oc3ccccc3c2CSc2ncccn2)c(=O)[nH]c1=O. The monoisotopic (exact) mass is 494 g/mol. The molecule has 3 heterocycles. The third-order valence-corrected chi connectivity index (χ3v) is 6.46. The molecule has 0 saturated carbocycles. The van der Waals surface area contributed by atoms with Crippen LogP contribution in [-0.2, 0) is 12.3 Å². The van der Waals surface area contributed by atoms with Crippen molar-refractivity contribution in [2.24, 2.45) is 0 Å². The average molecular weight is 495 g/mol. The smallest absolute Gasteiger partial charge is 0.330 e. The van der Waals surface area contributed by atoms with E-state index in [1.165, 1.54) is 21.2 Å². The molecule has 10 nitrogen and oxygen atoms in total. The van der Waals surface area contributed by atoms with Crippen LogP contribution in [0.25, 0.3) is 11.0 Å². The molecule has 182 valence electrons. The van der Waals surface area contributed by atoms with Crippen LogP contribution in [0.3, 0.4) is 0 Å². The van der Waals surface area contributed by atoms with Gasteiger partial charge >= 0.3 is 5.69 Å². The number of fused-ring (bicyclic) bond motifs is 1. The zero-order chi connectivity index (χ0) is 24.9. The molecule has 1 amide bonds. The van der Waals surface area contributed by atoms with Gasteiger partial charge in [0.05, 0.1) is 0 Å². The molecule has 0 aliphatic heterocycles. The highest BCUT2D eigenvalue weighted by molar-refractivity contribution is 7.98. The number of nitrogens with one attached hydrogen (secondary N) is 1. The molecule has 11 heteroatoms. The number of nitrogens with zero attached hydrogens (tertiary/aromatic N) is 4. The Morgan fingerprint density at radius 1 is 1.17 bits per heavy atom. The molecule has 0 atom stereocenters. The number of nitrogens with two attached hydrogens (primary N) is 1. The number of hydrogen-bond donors (Lipinski definition) is 2. The summed E-state index contributed by atoms with van der Waals surface area (Å²) in [6.07, 6.45) is 4.83. The second-order valence-electron chi connectivity index (χ2n) is 7.77. The number of furan rings is 1. The normalized spacial score (nSPS) is 11.1. The maximum atomic E-state index is 13.8. The Balaban J connectivity index is 1.78. The highest BCUT2D eigenvalue weighted by Crippen LogP contribution is 2.32. The van der Waals surface area contributed by atoms with Gasteiger partial charge in [0.15, 0.2) is 16.6 Å². The van der Waals surface area contributed by atoms with Crippen molar-refractivity contribution in [1.29, 1.82) is 0 Å². The van der Waals surface area contributed by atoms with Crippen LogP contribution in [0.15, 0.2) is 61.9 Å². The van der Waals surface area contributed by atoms with Crippen LogP contribution in [0, 0.1) is 0 Å². The van der Waals surface area contributed by atoms with Gasteiger partial charge in [0.2, 0.25) is 0 Å². The number of nitrogen functional groups attached to an aromatic ring is 1. The van der Waals surface area contributed by atoms with Crippen molar-refractivity contribution in [1.82, 2.24) is 19.5 Å². The molecular weight excluding hydrogens is 468 g/mol. The first-order valence-corrected chi connectivity index (χ1v) is 12.3. The highest BCUT2D eigenvalue weighted by atomic mass is 32.2. The zero-order valence-electron chi connectivity index (χ0n) is 19.5. The number of rotatable bonds is 9. The minimum absolute atomic E-state index is 0.0490. The molecule has 0 spiro atoms. The quantitative estimate of drug-likeness (QED) is 0.266. The van der Waals surface area contributed by atoms with Gasteiger partial charge in [-0.25, -0.2) is 14.8 Å². The minimum Gasteiger partial charge on any atom is -0.451 e. The van der Waals surface area contributed by atoms with Crippen LogP contribution in [0.2, 0.25) is 0 Å². The molecule has 0 unspecified atom stereocenters. The van der Waals surface area contributed by atoms with Gasteiger partial charge in [0.1, 0.15) is 11.4 Å². The van der Waals surface area contributed by atoms with Gasteiger partial charge in [-0.05, 0) is 25.5 Å². The molecule has 0 radical (unpaired) electrons. The summed E-state index contributed by atoms with van der Waals surface area (Å²) in [7, 11) is 0. The standard InChI is InChI=1S/C24H26N6O4S/c1-3-5-13-30-20(25)18(21(31)28-24(30)33)29(4-2)22(32)19-16(14-35-23-26-11-8-12-27-23)15-9-6-7-10-17(15)34-19/h6-12H,3-5,13-14,25H2,1-2H3,(H,28,31,33). The number of anilines is 2. The molecule has 1 aromatic carbocycles. The van der Waals surface area contributed by atoms with Gasteiger partial charge < -0.3 is 10.2 Å². The summed E-state index contributed by atoms with van der Waals surface area (Å²) < 4.78 is 7.28. The molecule has 4 rings (SSSR count). The lowest BCUT2D eigenvalue weighted by molar-refractivity contribution is 0.0962. The average Bonchev–Trinajstić information content (AvgIpc) is 3.24. The zero-order valence-corrected chi connectivity index (χ0v) is 20.3. The van der Waals surface area contributed by atoms with Crippen LogP contribution in [-0.4, -0.2) is 32.0 Å². The van der Waals surface area contributed by atoms with Gasteiger partial charge in [-0.3, -0.25) is 24.0 Å². The number of aromatic nitrogens is 4. The van der Waals surface area contributed by atoms with E-state index >= 15 is 0 Å². The lowest BCUT2D eigenvalue weighted by atomic mass is 10.1. The number of aromatic amines is 1. The molecule has 4 aromatic rings. The number of H-pyrrole nitrogens is 1. The number of hydrogen-bond acceptors (Lipinski definition) is 8. The summed E-state index contributed by atoms with van der Waals surface area (Å²) in [4.78, 5) is 50.9. The van der Waals surface area contributed by atoms with Crippen LogP contribution in [0.1, 0.15) is 42.8 Å². The highest BCUT2D eigenvalue weighted by Gasteiger charge is 2.29. The van der Waals surface area contributed by atoms with Gasteiger partial charge in [-0.2, -0.15) is 0 Å². The topological polar surface area (TPSA) is 140 Å². The van der Waals surface area contributed by atoms with Crippen LogP contribution >= 0.6 is 11.8 Å². The number of thioether (sulfide) groups is 1. The van der Waals surface area contributed by atoms with Crippen molar-refractivity contribution in [2.75, 3.05) is 17.2 Å². The van der Waals surface area contributed by atoms with E-state index in [4.69, 9.17) is 10.2 Å². The fraction of sp³-hybridized carbons (Fsp3) is 0.292. The lowest BCUT2D eigenvalue weighted by Crippen LogP contribution is -2.41. The first-order valence-electron chi connectivity index (χ1n) is 11.3. The minimum atomic E-state index is -0.722. The molecule has 0 aliphatic rings. The molecule has 35 heavy (non-hydrogen) atoms. The Morgan fingerprint density at radius 2 is 1.91 bits per heavy atom. The molecule has 0 aliphatic carbocycles. The van der Waals surface area contributed by atoms with Crippen molar-refractivity contribution in [2.45, 2.75) is 44.1 Å². The van der Waals surface area contributed by atoms with Crippen molar-refractivity contribution < 1.29 is 9.21 Å². The molecule has 0 bridgehead atoms. The number of amides is 1. The third-order valence-electron chi connectivity index (χ3n) is 5.56. The van der Waals surface area contributed by atoms with Crippen LogP contribution in [0.5, 0.6) is 0 Å². The number of para-hydroxylation sites is 1. The van der Waals surface area contributed by atoms with Crippen molar-refractivity contribution in [3.05, 3.63) is 74.9 Å². The maximum absolute atomic E-state index is 13.8. The predicted molar refractivity (Wildman–Crippen MR) is 136 cm³/mol. The summed E-state index contributed by atoms with van der Waals surface area (Å²) in [5.74, 6) is -0.0959. The van der Waals surface area contributed by atoms with Gasteiger partial charge in [-0.1, -0.05) is 43.3 Å². The van der Waals surface area contributed by atoms with Crippen molar-refractivity contribution in [3.63, 3.8) is 0 Å². The van der Waals surface area contributed by atoms with E-state index < -0.39 is 17.2 Å². The largest absolute Gasteiger partial charge is 0.451 e. The fourth-order valence-electron chi connectivity index (χ4n) is 3.81. The Hall–Kier alpha value is -3.86. The summed E-state index contributed by atoms with van der Waals surface area (Å²) in [5, 5.41) is 1.34. The van der Waals surface area contributed by atoms with Crippen molar-refractivity contribution >= 4 is 40.1 Å². The Kier molecular flexibility index (Phi) is 7.35. The Labute approximate surface area is 205 Å². The summed E-state index contributed by atoms with van der Waals surface area (Å²) in [6.45, 7) is 4.19. The predicted octanol–water partition coefficient (Wildman–Crippen LogP) is 3.41.